The van der Waals surface area contributed by atoms with Crippen LogP contribution in [-0.2, 0) is 16.1 Å². The zero-order valence-corrected chi connectivity index (χ0v) is 16.5. The summed E-state index contributed by atoms with van der Waals surface area (Å²) in [4.78, 5) is 36.1. The lowest BCUT2D eigenvalue weighted by atomic mass is 10.2. The topological polar surface area (TPSA) is 120 Å². The molecule has 0 saturated heterocycles. The lowest BCUT2D eigenvalue weighted by Gasteiger charge is -2.04. The molecule has 0 bridgehead atoms. The Morgan fingerprint density at radius 2 is 2.15 bits per heavy atom. The van der Waals surface area contributed by atoms with Crippen LogP contribution in [0.15, 0.2) is 37.4 Å². The number of carbonyl (C=O) groups excluding carboxylic acids is 1. The van der Waals surface area contributed by atoms with Crippen molar-refractivity contribution in [2.24, 2.45) is 0 Å². The Bertz CT molecular complexity index is 1070. The Kier molecular flexibility index (Phi) is 5.76. The summed E-state index contributed by atoms with van der Waals surface area (Å²) in [5.41, 5.74) is -0.746. The van der Waals surface area contributed by atoms with Crippen molar-refractivity contribution < 1.29 is 13.9 Å². The number of rotatable bonds is 6. The third kappa shape index (κ3) is 4.15. The smallest absolute Gasteiger partial charge is 0.316 e. The van der Waals surface area contributed by atoms with Crippen LogP contribution >= 0.6 is 34.4 Å². The van der Waals surface area contributed by atoms with E-state index in [1.54, 1.807) is 25.1 Å². The summed E-state index contributed by atoms with van der Waals surface area (Å²) in [5.74, 6) is -0.207. The molecule has 0 aliphatic rings. The first-order chi connectivity index (χ1) is 12.5. The fourth-order valence-corrected chi connectivity index (χ4v) is 3.27. The highest BCUT2D eigenvalue weighted by Crippen LogP contribution is 2.16. The molecule has 2 aromatic heterocycles. The number of fused-ring (bicyclic) bond motifs is 1. The number of hydrogen-bond donors (Lipinski definition) is 1. The van der Waals surface area contributed by atoms with Crippen molar-refractivity contribution in [2.75, 3.05) is 12.4 Å². The number of aromatic amines is 1. The van der Waals surface area contributed by atoms with Crippen molar-refractivity contribution in [1.82, 2.24) is 20.0 Å². The number of carbonyl (C=O) groups is 1. The molecule has 0 unspecified atom stereocenters. The third-order valence-corrected chi connectivity index (χ3v) is 4.76. The Hall–Kier alpha value is -2.15. The van der Waals surface area contributed by atoms with E-state index in [-0.39, 0.29) is 40.5 Å². The maximum Gasteiger partial charge on any atom is 0.316 e. The Morgan fingerprint density at radius 1 is 1.35 bits per heavy atom. The van der Waals surface area contributed by atoms with Crippen LogP contribution in [0.1, 0.15) is 12.8 Å². The largest absolute Gasteiger partial charge is 0.465 e. The number of nitrogens with zero attached hydrogens (tertiary/aromatic N) is 3. The highest BCUT2D eigenvalue weighted by atomic mass is 127. The van der Waals surface area contributed by atoms with Crippen LogP contribution in [0.25, 0.3) is 10.8 Å². The number of nitrogens with one attached hydrogen (secondary N) is 1. The van der Waals surface area contributed by atoms with E-state index in [4.69, 9.17) is 9.15 Å². The zero-order valence-electron chi connectivity index (χ0n) is 13.5. The molecule has 0 radical (unpaired) electrons. The molecule has 0 fully saturated rings. The predicted molar refractivity (Wildman–Crippen MR) is 102 cm³/mol. The monoisotopic (exact) mass is 488 g/mol. The molecule has 1 N–H and O–H groups in total. The quantitative estimate of drug-likeness (QED) is 0.314. The van der Waals surface area contributed by atoms with Crippen LogP contribution in [-0.4, -0.2) is 38.3 Å². The highest BCUT2D eigenvalue weighted by molar-refractivity contribution is 14.1. The van der Waals surface area contributed by atoms with E-state index in [9.17, 15) is 14.4 Å². The van der Waals surface area contributed by atoms with Gasteiger partial charge in [0.15, 0.2) is 0 Å². The molecule has 11 heteroatoms. The Balaban J connectivity index is 1.81. The molecule has 0 aliphatic carbocycles. The van der Waals surface area contributed by atoms with Crippen molar-refractivity contribution in [2.45, 2.75) is 18.7 Å². The van der Waals surface area contributed by atoms with Gasteiger partial charge in [-0.05, 0) is 47.7 Å². The van der Waals surface area contributed by atoms with Crippen molar-refractivity contribution in [1.29, 1.82) is 0 Å². The van der Waals surface area contributed by atoms with Gasteiger partial charge >= 0.3 is 5.97 Å². The van der Waals surface area contributed by atoms with Crippen molar-refractivity contribution >= 4 is 51.1 Å². The molecule has 2 heterocycles. The van der Waals surface area contributed by atoms with Gasteiger partial charge in [-0.1, -0.05) is 11.8 Å². The van der Waals surface area contributed by atoms with E-state index < -0.39 is 0 Å². The molecular formula is C15H13IN4O5S. The van der Waals surface area contributed by atoms with Gasteiger partial charge in [0, 0.05) is 3.57 Å². The van der Waals surface area contributed by atoms with Gasteiger partial charge in [-0.25, -0.2) is 4.68 Å². The molecule has 3 aromatic rings. The summed E-state index contributed by atoms with van der Waals surface area (Å²) in [6.07, 6.45) is 0. The van der Waals surface area contributed by atoms with Crippen LogP contribution in [0.4, 0.5) is 0 Å². The highest BCUT2D eigenvalue weighted by Gasteiger charge is 2.13. The SMILES string of the molecule is CCOC(=O)CSc1nnc(Cn2[nH]c(=O)c3ccc(I)cc3c2=O)o1. The van der Waals surface area contributed by atoms with Gasteiger partial charge in [-0.3, -0.25) is 19.5 Å². The number of thioether (sulfide) groups is 1. The number of benzene rings is 1. The minimum Gasteiger partial charge on any atom is -0.465 e. The number of H-pyrrole nitrogens is 1. The summed E-state index contributed by atoms with van der Waals surface area (Å²) >= 11 is 3.11. The van der Waals surface area contributed by atoms with Gasteiger partial charge in [0.05, 0.1) is 17.4 Å². The van der Waals surface area contributed by atoms with Gasteiger partial charge in [-0.2, -0.15) is 0 Å². The molecule has 9 nitrogen and oxygen atoms in total. The minimum absolute atomic E-state index is 0.0423. The molecule has 1 aromatic carbocycles. The minimum atomic E-state index is -0.387. The molecule has 0 amide bonds. The molecule has 0 aliphatic heterocycles. The van der Waals surface area contributed by atoms with Crippen LogP contribution in [0.3, 0.4) is 0 Å². The lowest BCUT2D eigenvalue weighted by molar-refractivity contribution is -0.139. The Morgan fingerprint density at radius 3 is 2.92 bits per heavy atom. The maximum absolute atomic E-state index is 12.6. The third-order valence-electron chi connectivity index (χ3n) is 3.30. The average Bonchev–Trinajstić information content (AvgIpc) is 3.05. The normalized spacial score (nSPS) is 11.0. The summed E-state index contributed by atoms with van der Waals surface area (Å²) in [6.45, 7) is 1.94. The van der Waals surface area contributed by atoms with Gasteiger partial charge < -0.3 is 9.15 Å². The van der Waals surface area contributed by atoms with Gasteiger partial charge in [0.2, 0.25) is 5.89 Å². The van der Waals surface area contributed by atoms with Crippen LogP contribution in [0.2, 0.25) is 0 Å². The fourth-order valence-electron chi connectivity index (χ4n) is 2.20. The first-order valence-corrected chi connectivity index (χ1v) is 9.57. The predicted octanol–water partition coefficient (Wildman–Crippen LogP) is 1.38. The zero-order chi connectivity index (χ0) is 18.7. The van der Waals surface area contributed by atoms with E-state index in [1.165, 1.54) is 0 Å². The Labute approximate surface area is 164 Å². The molecular weight excluding hydrogens is 475 g/mol. The van der Waals surface area contributed by atoms with Crippen LogP contribution < -0.4 is 11.1 Å². The number of esters is 1. The first kappa shape index (κ1) is 18.6. The molecule has 0 spiro atoms. The van der Waals surface area contributed by atoms with E-state index in [0.29, 0.717) is 17.4 Å². The molecule has 3 rings (SSSR count). The van der Waals surface area contributed by atoms with E-state index in [0.717, 1.165) is 20.0 Å². The van der Waals surface area contributed by atoms with Crippen molar-refractivity contribution in [3.8, 4) is 0 Å². The number of halogens is 1. The summed E-state index contributed by atoms with van der Waals surface area (Å²) < 4.78 is 12.2. The average molecular weight is 488 g/mol. The van der Waals surface area contributed by atoms with Gasteiger partial charge in [0.25, 0.3) is 16.3 Å². The number of hydrogen-bond acceptors (Lipinski definition) is 8. The molecule has 136 valence electrons. The number of ether oxygens (including phenoxy) is 1. The van der Waals surface area contributed by atoms with Gasteiger partial charge in [-0.15, -0.1) is 10.2 Å². The second kappa shape index (κ2) is 8.03. The maximum atomic E-state index is 12.6. The summed E-state index contributed by atoms with van der Waals surface area (Å²) in [5, 5.41) is 11.0. The lowest BCUT2D eigenvalue weighted by Crippen LogP contribution is -2.30. The van der Waals surface area contributed by atoms with Crippen molar-refractivity contribution in [3.05, 3.63) is 48.4 Å². The van der Waals surface area contributed by atoms with Crippen LogP contribution in [0.5, 0.6) is 0 Å². The van der Waals surface area contributed by atoms with Crippen LogP contribution in [0, 0.1) is 3.57 Å². The summed E-state index contributed by atoms with van der Waals surface area (Å²) in [7, 11) is 0. The van der Waals surface area contributed by atoms with E-state index in [1.807, 2.05) is 0 Å². The standard InChI is InChI=1S/C15H13IN4O5S/c1-2-24-12(21)7-26-15-18-17-11(25-15)6-20-14(23)10-5-8(16)3-4-9(10)13(22)19-20/h3-5H,2,6-7H2,1H3,(H,19,22). The van der Waals surface area contributed by atoms with E-state index in [2.05, 4.69) is 37.9 Å². The van der Waals surface area contributed by atoms with Gasteiger partial charge in [0.1, 0.15) is 12.3 Å². The molecule has 0 saturated carbocycles. The second-order valence-corrected chi connectivity index (χ2v) is 7.25. The van der Waals surface area contributed by atoms with Crippen molar-refractivity contribution in [3.63, 3.8) is 0 Å². The first-order valence-electron chi connectivity index (χ1n) is 7.51. The number of aromatic nitrogens is 4. The molecule has 0 atom stereocenters. The second-order valence-electron chi connectivity index (χ2n) is 5.08. The fraction of sp³-hybridized carbons (Fsp3) is 0.267. The summed E-state index contributed by atoms with van der Waals surface area (Å²) in [6, 6.07) is 5.02. The molecule has 26 heavy (non-hydrogen) atoms. The van der Waals surface area contributed by atoms with E-state index >= 15 is 0 Å².